The van der Waals surface area contributed by atoms with E-state index < -0.39 is 6.04 Å². The lowest BCUT2D eigenvalue weighted by atomic mass is 9.76. The summed E-state index contributed by atoms with van der Waals surface area (Å²) in [5, 5.41) is 0. The second kappa shape index (κ2) is 6.14. The molecule has 0 radical (unpaired) electrons. The highest BCUT2D eigenvalue weighted by Crippen LogP contribution is 2.33. The molecule has 1 fully saturated rings. The number of ketones is 1. The highest BCUT2D eigenvalue weighted by atomic mass is 16.1. The molecule has 0 aromatic heterocycles. The van der Waals surface area contributed by atoms with Crippen molar-refractivity contribution in [3.63, 3.8) is 0 Å². The zero-order chi connectivity index (χ0) is 13.0. The van der Waals surface area contributed by atoms with Crippen LogP contribution in [0, 0.1) is 11.8 Å². The van der Waals surface area contributed by atoms with E-state index in [0.717, 1.165) is 24.3 Å². The van der Waals surface area contributed by atoms with Crippen LogP contribution in [0.4, 0.5) is 0 Å². The average molecular weight is 245 g/mol. The molecular formula is C16H23NO. The third kappa shape index (κ3) is 2.99. The van der Waals surface area contributed by atoms with Crippen LogP contribution in [-0.4, -0.2) is 5.78 Å². The summed E-state index contributed by atoms with van der Waals surface area (Å²) >= 11 is 0. The van der Waals surface area contributed by atoms with E-state index in [9.17, 15) is 4.79 Å². The number of hydrogen-bond donors (Lipinski definition) is 1. The normalized spacial score (nSPS) is 25.7. The summed E-state index contributed by atoms with van der Waals surface area (Å²) in [6.07, 6.45) is 5.70. The van der Waals surface area contributed by atoms with Crippen molar-refractivity contribution < 1.29 is 4.79 Å². The summed E-state index contributed by atoms with van der Waals surface area (Å²) in [5.41, 5.74) is 7.05. The van der Waals surface area contributed by atoms with E-state index in [1.807, 2.05) is 30.3 Å². The minimum atomic E-state index is -0.438. The molecule has 1 aromatic rings. The predicted octanol–water partition coefficient (Wildman–Crippen LogP) is 3.47. The first-order chi connectivity index (χ1) is 8.72. The molecule has 0 aliphatic heterocycles. The third-order valence-corrected chi connectivity index (χ3v) is 4.23. The number of rotatable bonds is 4. The number of benzene rings is 1. The third-order valence-electron chi connectivity index (χ3n) is 4.23. The molecule has 2 rings (SSSR count). The second-order valence-electron chi connectivity index (χ2n) is 5.43. The molecule has 1 saturated carbocycles. The monoisotopic (exact) mass is 245 g/mol. The van der Waals surface area contributed by atoms with Crippen LogP contribution in [0.5, 0.6) is 0 Å². The molecule has 1 aliphatic carbocycles. The Morgan fingerprint density at radius 1 is 1.33 bits per heavy atom. The van der Waals surface area contributed by atoms with Gasteiger partial charge in [0, 0.05) is 5.92 Å². The summed E-state index contributed by atoms with van der Waals surface area (Å²) in [7, 11) is 0. The molecular weight excluding hydrogens is 222 g/mol. The Balaban J connectivity index is 2.02. The van der Waals surface area contributed by atoms with Gasteiger partial charge in [0.25, 0.3) is 0 Å². The van der Waals surface area contributed by atoms with Gasteiger partial charge >= 0.3 is 0 Å². The molecule has 0 heterocycles. The minimum absolute atomic E-state index is 0.180. The lowest BCUT2D eigenvalue weighted by Crippen LogP contribution is -2.31. The Bertz CT molecular complexity index is 387. The highest BCUT2D eigenvalue weighted by molar-refractivity contribution is 5.87. The Morgan fingerprint density at radius 3 is 2.72 bits per heavy atom. The fourth-order valence-electron chi connectivity index (χ4n) is 3.00. The highest BCUT2D eigenvalue weighted by Gasteiger charge is 2.29. The maximum Gasteiger partial charge on any atom is 0.157 e. The van der Waals surface area contributed by atoms with Gasteiger partial charge in [-0.25, -0.2) is 0 Å². The first kappa shape index (κ1) is 13.3. The molecule has 0 spiro atoms. The lowest BCUT2D eigenvalue weighted by Gasteiger charge is -2.29. The number of carbonyl (C=O) groups excluding carboxylic acids is 1. The van der Waals surface area contributed by atoms with Crippen LogP contribution in [0.3, 0.4) is 0 Å². The van der Waals surface area contributed by atoms with E-state index in [2.05, 4.69) is 6.92 Å². The zero-order valence-electron chi connectivity index (χ0n) is 11.1. The van der Waals surface area contributed by atoms with Crippen molar-refractivity contribution in [2.75, 3.05) is 0 Å². The Morgan fingerprint density at radius 2 is 2.06 bits per heavy atom. The van der Waals surface area contributed by atoms with E-state index in [4.69, 9.17) is 5.73 Å². The summed E-state index contributed by atoms with van der Waals surface area (Å²) in [4.78, 5) is 12.4. The molecule has 2 heteroatoms. The van der Waals surface area contributed by atoms with E-state index in [-0.39, 0.29) is 11.7 Å². The van der Waals surface area contributed by atoms with E-state index in [1.54, 1.807) is 0 Å². The largest absolute Gasteiger partial charge is 0.318 e. The van der Waals surface area contributed by atoms with Crippen LogP contribution in [0.25, 0.3) is 0 Å². The molecule has 2 nitrogen and oxygen atoms in total. The van der Waals surface area contributed by atoms with Crippen molar-refractivity contribution >= 4 is 5.78 Å². The van der Waals surface area contributed by atoms with Crippen molar-refractivity contribution in [3.8, 4) is 0 Å². The molecule has 1 aromatic carbocycles. The Hall–Kier alpha value is -1.15. The standard InChI is InChI=1S/C16H23NO/c1-2-12-7-6-10-14(11-12)16(18)15(17)13-8-4-3-5-9-13/h3-5,8-9,12,14-15H,2,6-7,10-11,17H2,1H3/t12?,14?,15-/m1/s1. The van der Waals surface area contributed by atoms with E-state index >= 15 is 0 Å². The topological polar surface area (TPSA) is 43.1 Å². The van der Waals surface area contributed by atoms with Gasteiger partial charge < -0.3 is 5.73 Å². The summed E-state index contributed by atoms with van der Waals surface area (Å²) in [6, 6.07) is 9.29. The zero-order valence-corrected chi connectivity index (χ0v) is 11.1. The van der Waals surface area contributed by atoms with Crippen molar-refractivity contribution in [2.45, 2.75) is 45.1 Å². The fraction of sp³-hybridized carbons (Fsp3) is 0.562. The Labute approximate surface area is 110 Å². The van der Waals surface area contributed by atoms with Crippen LogP contribution in [-0.2, 0) is 4.79 Å². The van der Waals surface area contributed by atoms with Crippen LogP contribution < -0.4 is 5.73 Å². The predicted molar refractivity (Wildman–Crippen MR) is 74.1 cm³/mol. The summed E-state index contributed by atoms with van der Waals surface area (Å²) in [5.74, 6) is 1.13. The van der Waals surface area contributed by atoms with Crippen LogP contribution in [0.1, 0.15) is 50.6 Å². The van der Waals surface area contributed by atoms with Crippen LogP contribution in [0.2, 0.25) is 0 Å². The van der Waals surface area contributed by atoms with Crippen LogP contribution in [0.15, 0.2) is 30.3 Å². The first-order valence-electron chi connectivity index (χ1n) is 7.06. The molecule has 0 bridgehead atoms. The number of nitrogens with two attached hydrogens (primary N) is 1. The van der Waals surface area contributed by atoms with Gasteiger partial charge in [-0.2, -0.15) is 0 Å². The van der Waals surface area contributed by atoms with Gasteiger partial charge in [0.05, 0.1) is 6.04 Å². The molecule has 2 unspecified atom stereocenters. The fourth-order valence-corrected chi connectivity index (χ4v) is 3.00. The lowest BCUT2D eigenvalue weighted by molar-refractivity contribution is -0.125. The van der Waals surface area contributed by atoms with Gasteiger partial charge in [-0.3, -0.25) is 4.79 Å². The van der Waals surface area contributed by atoms with Gasteiger partial charge in [0.1, 0.15) is 0 Å². The molecule has 18 heavy (non-hydrogen) atoms. The van der Waals surface area contributed by atoms with Gasteiger partial charge in [0.2, 0.25) is 0 Å². The molecule has 1 aliphatic rings. The van der Waals surface area contributed by atoms with E-state index in [1.165, 1.54) is 19.3 Å². The van der Waals surface area contributed by atoms with Gasteiger partial charge in [-0.1, -0.05) is 56.5 Å². The summed E-state index contributed by atoms with van der Waals surface area (Å²) < 4.78 is 0. The van der Waals surface area contributed by atoms with Gasteiger partial charge in [-0.05, 0) is 24.3 Å². The average Bonchev–Trinajstić information content (AvgIpc) is 2.46. The van der Waals surface area contributed by atoms with Crippen molar-refractivity contribution in [1.82, 2.24) is 0 Å². The van der Waals surface area contributed by atoms with Crippen LogP contribution >= 0.6 is 0 Å². The SMILES string of the molecule is CCC1CCCC(C(=O)[C@H](N)c2ccccc2)C1. The smallest absolute Gasteiger partial charge is 0.157 e. The molecule has 2 N–H and O–H groups in total. The van der Waals surface area contributed by atoms with Crippen molar-refractivity contribution in [1.29, 1.82) is 0 Å². The second-order valence-corrected chi connectivity index (χ2v) is 5.43. The van der Waals surface area contributed by atoms with Crippen molar-refractivity contribution in [2.24, 2.45) is 17.6 Å². The summed E-state index contributed by atoms with van der Waals surface area (Å²) in [6.45, 7) is 2.22. The maximum absolute atomic E-state index is 12.4. The maximum atomic E-state index is 12.4. The number of hydrogen-bond acceptors (Lipinski definition) is 2. The quantitative estimate of drug-likeness (QED) is 0.882. The van der Waals surface area contributed by atoms with Gasteiger partial charge in [0.15, 0.2) is 5.78 Å². The number of carbonyl (C=O) groups is 1. The van der Waals surface area contributed by atoms with Gasteiger partial charge in [-0.15, -0.1) is 0 Å². The van der Waals surface area contributed by atoms with Crippen molar-refractivity contribution in [3.05, 3.63) is 35.9 Å². The Kier molecular flexibility index (Phi) is 4.54. The minimum Gasteiger partial charge on any atom is -0.318 e. The number of Topliss-reactive ketones (excluding diaryl/α,β-unsaturated/α-hetero) is 1. The van der Waals surface area contributed by atoms with E-state index in [0.29, 0.717) is 0 Å². The first-order valence-corrected chi connectivity index (χ1v) is 7.06. The molecule has 0 saturated heterocycles. The molecule has 3 atom stereocenters. The molecule has 98 valence electrons. The molecule has 0 amide bonds.